The Bertz CT molecular complexity index is 429. The maximum atomic E-state index is 10.5. The first-order chi connectivity index (χ1) is 10.5. The van der Waals surface area contributed by atoms with E-state index in [-0.39, 0.29) is 12.5 Å². The van der Waals surface area contributed by atoms with E-state index in [1.807, 2.05) is 0 Å². The van der Waals surface area contributed by atoms with Gasteiger partial charge < -0.3 is 16.2 Å². The molecule has 4 N–H and O–H groups in total. The smallest absolute Gasteiger partial charge is 0.303 e. The van der Waals surface area contributed by atoms with Crippen LogP contribution in [0.2, 0.25) is 0 Å². The molecule has 0 spiro atoms. The van der Waals surface area contributed by atoms with Crippen LogP contribution in [0.5, 0.6) is 0 Å². The van der Waals surface area contributed by atoms with Crippen LogP contribution in [-0.4, -0.2) is 23.7 Å². The molecule has 0 aromatic heterocycles. The fourth-order valence-corrected chi connectivity index (χ4v) is 2.44. The standard InChI is InChI=1S/C18H30N2O2/c1-3-15(8-7-14(2)19)13-20-17-11-9-16(10-12-17)5-4-6-18(21)22/h9-12,14-15,20H,3-8,13,19H2,1-2H3,(H,21,22). The Morgan fingerprint density at radius 3 is 2.50 bits per heavy atom. The summed E-state index contributed by atoms with van der Waals surface area (Å²) >= 11 is 0. The van der Waals surface area contributed by atoms with Gasteiger partial charge in [0.2, 0.25) is 0 Å². The second-order valence-electron chi connectivity index (χ2n) is 6.15. The van der Waals surface area contributed by atoms with Crippen molar-refractivity contribution in [1.29, 1.82) is 0 Å². The van der Waals surface area contributed by atoms with Gasteiger partial charge >= 0.3 is 5.97 Å². The molecule has 4 heteroatoms. The minimum Gasteiger partial charge on any atom is -0.481 e. The number of carboxylic acids is 1. The lowest BCUT2D eigenvalue weighted by molar-refractivity contribution is -0.137. The molecular weight excluding hydrogens is 276 g/mol. The van der Waals surface area contributed by atoms with Crippen LogP contribution in [0.25, 0.3) is 0 Å². The zero-order valence-corrected chi connectivity index (χ0v) is 13.8. The second kappa shape index (κ2) is 10.2. The van der Waals surface area contributed by atoms with E-state index in [4.69, 9.17) is 10.8 Å². The highest BCUT2D eigenvalue weighted by Crippen LogP contribution is 2.16. The number of benzene rings is 1. The molecule has 124 valence electrons. The molecule has 0 aliphatic heterocycles. The first-order valence-corrected chi connectivity index (χ1v) is 8.31. The summed E-state index contributed by atoms with van der Waals surface area (Å²) in [5, 5.41) is 12.1. The fraction of sp³-hybridized carbons (Fsp3) is 0.611. The summed E-state index contributed by atoms with van der Waals surface area (Å²) < 4.78 is 0. The molecule has 0 fully saturated rings. The van der Waals surface area contributed by atoms with E-state index >= 15 is 0 Å². The Morgan fingerprint density at radius 2 is 1.95 bits per heavy atom. The van der Waals surface area contributed by atoms with Gasteiger partial charge in [-0.25, -0.2) is 0 Å². The average molecular weight is 306 g/mol. The molecule has 0 saturated heterocycles. The zero-order valence-electron chi connectivity index (χ0n) is 13.8. The third kappa shape index (κ3) is 8.03. The Kier molecular flexibility index (Phi) is 8.60. The third-order valence-electron chi connectivity index (χ3n) is 4.01. The molecule has 0 saturated carbocycles. The van der Waals surface area contributed by atoms with Gasteiger partial charge in [0.1, 0.15) is 0 Å². The Morgan fingerprint density at radius 1 is 1.27 bits per heavy atom. The number of anilines is 1. The van der Waals surface area contributed by atoms with E-state index in [0.29, 0.717) is 12.3 Å². The van der Waals surface area contributed by atoms with Crippen LogP contribution in [0, 0.1) is 5.92 Å². The number of rotatable bonds is 11. The van der Waals surface area contributed by atoms with Crippen LogP contribution in [0.15, 0.2) is 24.3 Å². The van der Waals surface area contributed by atoms with Gasteiger partial charge in [-0.1, -0.05) is 25.5 Å². The minimum atomic E-state index is -0.726. The molecule has 0 radical (unpaired) electrons. The van der Waals surface area contributed by atoms with Crippen LogP contribution in [0.4, 0.5) is 5.69 Å². The van der Waals surface area contributed by atoms with Gasteiger partial charge in [0, 0.05) is 24.7 Å². The van der Waals surface area contributed by atoms with Crippen LogP contribution >= 0.6 is 0 Å². The average Bonchev–Trinajstić information content (AvgIpc) is 2.48. The Hall–Kier alpha value is -1.55. The summed E-state index contributed by atoms with van der Waals surface area (Å²) in [7, 11) is 0. The number of hydrogen-bond acceptors (Lipinski definition) is 3. The summed E-state index contributed by atoms with van der Waals surface area (Å²) in [6.45, 7) is 5.25. The summed E-state index contributed by atoms with van der Waals surface area (Å²) in [5.74, 6) is -0.0723. The van der Waals surface area contributed by atoms with Crippen molar-refractivity contribution in [2.75, 3.05) is 11.9 Å². The molecule has 4 nitrogen and oxygen atoms in total. The fourth-order valence-electron chi connectivity index (χ4n) is 2.44. The van der Waals surface area contributed by atoms with Gasteiger partial charge in [0.15, 0.2) is 0 Å². The van der Waals surface area contributed by atoms with Crippen molar-refractivity contribution in [2.45, 2.75) is 58.4 Å². The van der Waals surface area contributed by atoms with Gasteiger partial charge in [-0.15, -0.1) is 0 Å². The number of nitrogens with one attached hydrogen (secondary N) is 1. The van der Waals surface area contributed by atoms with Crippen LogP contribution in [-0.2, 0) is 11.2 Å². The van der Waals surface area contributed by atoms with Crippen molar-refractivity contribution in [1.82, 2.24) is 0 Å². The van der Waals surface area contributed by atoms with Crippen molar-refractivity contribution in [3.63, 3.8) is 0 Å². The van der Waals surface area contributed by atoms with Crippen molar-refractivity contribution in [2.24, 2.45) is 11.7 Å². The largest absolute Gasteiger partial charge is 0.481 e. The first-order valence-electron chi connectivity index (χ1n) is 8.31. The summed E-state index contributed by atoms with van der Waals surface area (Å²) in [6.07, 6.45) is 5.14. The van der Waals surface area contributed by atoms with Gasteiger partial charge in [-0.2, -0.15) is 0 Å². The number of hydrogen-bond donors (Lipinski definition) is 3. The van der Waals surface area contributed by atoms with Crippen LogP contribution < -0.4 is 11.1 Å². The van der Waals surface area contributed by atoms with Crippen LogP contribution in [0.3, 0.4) is 0 Å². The summed E-state index contributed by atoms with van der Waals surface area (Å²) in [4.78, 5) is 10.5. The summed E-state index contributed by atoms with van der Waals surface area (Å²) in [6, 6.07) is 8.59. The third-order valence-corrected chi connectivity index (χ3v) is 4.01. The van der Waals surface area contributed by atoms with E-state index in [1.165, 1.54) is 5.56 Å². The number of aliphatic carboxylic acids is 1. The Balaban J connectivity index is 2.35. The minimum absolute atomic E-state index is 0.234. The molecule has 2 atom stereocenters. The number of carboxylic acid groups (broad SMARTS) is 1. The molecule has 1 aromatic carbocycles. The molecule has 1 rings (SSSR count). The molecular formula is C18H30N2O2. The topological polar surface area (TPSA) is 75.3 Å². The molecule has 0 amide bonds. The molecule has 0 heterocycles. The molecule has 1 aromatic rings. The molecule has 0 aliphatic rings. The van der Waals surface area contributed by atoms with Crippen molar-refractivity contribution in [3.8, 4) is 0 Å². The highest BCUT2D eigenvalue weighted by atomic mass is 16.4. The number of nitrogens with two attached hydrogens (primary N) is 1. The first kappa shape index (κ1) is 18.5. The quantitative estimate of drug-likeness (QED) is 0.583. The SMILES string of the molecule is CCC(CCC(C)N)CNc1ccc(CCCC(=O)O)cc1. The monoisotopic (exact) mass is 306 g/mol. The zero-order chi connectivity index (χ0) is 16.4. The lowest BCUT2D eigenvalue weighted by atomic mass is 9.98. The maximum absolute atomic E-state index is 10.5. The van der Waals surface area contributed by atoms with Gasteiger partial charge in [-0.3, -0.25) is 4.79 Å². The van der Waals surface area contributed by atoms with Gasteiger partial charge in [-0.05, 0) is 56.2 Å². The number of aryl methyl sites for hydroxylation is 1. The van der Waals surface area contributed by atoms with E-state index < -0.39 is 5.97 Å². The molecule has 0 aliphatic carbocycles. The van der Waals surface area contributed by atoms with Crippen molar-refractivity contribution < 1.29 is 9.90 Å². The van der Waals surface area contributed by atoms with E-state index in [9.17, 15) is 4.79 Å². The van der Waals surface area contributed by atoms with Crippen molar-refractivity contribution >= 4 is 11.7 Å². The molecule has 22 heavy (non-hydrogen) atoms. The summed E-state index contributed by atoms with van der Waals surface area (Å²) in [5.41, 5.74) is 8.14. The number of carbonyl (C=O) groups is 1. The lowest BCUT2D eigenvalue weighted by Crippen LogP contribution is -2.19. The van der Waals surface area contributed by atoms with Gasteiger partial charge in [0.25, 0.3) is 0 Å². The van der Waals surface area contributed by atoms with Crippen molar-refractivity contribution in [3.05, 3.63) is 29.8 Å². The maximum Gasteiger partial charge on any atom is 0.303 e. The van der Waals surface area contributed by atoms with E-state index in [0.717, 1.165) is 37.9 Å². The predicted molar refractivity (Wildman–Crippen MR) is 92.2 cm³/mol. The molecule has 2 unspecified atom stereocenters. The van der Waals surface area contributed by atoms with Crippen LogP contribution in [0.1, 0.15) is 51.5 Å². The van der Waals surface area contributed by atoms with Gasteiger partial charge in [0.05, 0.1) is 0 Å². The second-order valence-corrected chi connectivity index (χ2v) is 6.15. The highest BCUT2D eigenvalue weighted by Gasteiger charge is 2.07. The lowest BCUT2D eigenvalue weighted by Gasteiger charge is -2.17. The highest BCUT2D eigenvalue weighted by molar-refractivity contribution is 5.66. The Labute approximate surface area is 134 Å². The van der Waals surface area contributed by atoms with E-state index in [1.54, 1.807) is 0 Å². The normalized spacial score (nSPS) is 13.6. The molecule has 0 bridgehead atoms. The predicted octanol–water partition coefficient (Wildman–Crippen LogP) is 3.66. The van der Waals surface area contributed by atoms with E-state index in [2.05, 4.69) is 43.4 Å².